The zero-order chi connectivity index (χ0) is 13.4. The molecule has 1 amide bonds. The topological polar surface area (TPSA) is 49.3 Å². The van der Waals surface area contributed by atoms with Crippen molar-refractivity contribution in [2.45, 2.75) is 19.1 Å². The lowest BCUT2D eigenvalue weighted by Gasteiger charge is -2.11. The van der Waals surface area contributed by atoms with Crippen molar-refractivity contribution in [3.05, 3.63) is 35.4 Å². The first-order chi connectivity index (χ1) is 8.67. The second-order valence-corrected chi connectivity index (χ2v) is 5.33. The molecule has 1 unspecified atom stereocenters. The van der Waals surface area contributed by atoms with Crippen LogP contribution in [0.2, 0.25) is 0 Å². The van der Waals surface area contributed by atoms with Crippen molar-refractivity contribution in [2.75, 3.05) is 19.4 Å². The van der Waals surface area contributed by atoms with Crippen molar-refractivity contribution in [3.8, 4) is 0 Å². The zero-order valence-electron chi connectivity index (χ0n) is 11.0. The van der Waals surface area contributed by atoms with Gasteiger partial charge in [0.05, 0.1) is 0 Å². The van der Waals surface area contributed by atoms with E-state index in [4.69, 9.17) is 5.11 Å². The zero-order valence-corrected chi connectivity index (χ0v) is 11.8. The van der Waals surface area contributed by atoms with Gasteiger partial charge in [0, 0.05) is 24.5 Å². The molecular formula is C14H21NO2S. The van der Waals surface area contributed by atoms with E-state index < -0.39 is 0 Å². The van der Waals surface area contributed by atoms with E-state index in [2.05, 4.69) is 5.32 Å². The summed E-state index contributed by atoms with van der Waals surface area (Å²) in [6.45, 7) is 2.78. The van der Waals surface area contributed by atoms with Gasteiger partial charge in [0.15, 0.2) is 0 Å². The van der Waals surface area contributed by atoms with Gasteiger partial charge in [-0.05, 0) is 36.3 Å². The van der Waals surface area contributed by atoms with Crippen molar-refractivity contribution in [1.29, 1.82) is 0 Å². The smallest absolute Gasteiger partial charge is 0.251 e. The molecule has 2 N–H and O–H groups in total. The van der Waals surface area contributed by atoms with Gasteiger partial charge in [-0.25, -0.2) is 0 Å². The van der Waals surface area contributed by atoms with Crippen LogP contribution in [0.1, 0.15) is 29.3 Å². The second kappa shape index (κ2) is 8.16. The molecule has 100 valence electrons. The normalized spacial score (nSPS) is 12.2. The van der Waals surface area contributed by atoms with Crippen LogP contribution in [0.15, 0.2) is 24.3 Å². The van der Waals surface area contributed by atoms with Crippen molar-refractivity contribution < 1.29 is 9.90 Å². The maximum Gasteiger partial charge on any atom is 0.251 e. The number of carbonyl (C=O) groups excluding carboxylic acids is 1. The Hall–Kier alpha value is -1.00. The van der Waals surface area contributed by atoms with E-state index in [1.165, 1.54) is 5.56 Å². The molecule has 3 nitrogen and oxygen atoms in total. The molecule has 1 aromatic carbocycles. The highest BCUT2D eigenvalue weighted by atomic mass is 32.2. The Morgan fingerprint density at radius 2 is 2.28 bits per heavy atom. The first-order valence-electron chi connectivity index (χ1n) is 6.14. The van der Waals surface area contributed by atoms with Gasteiger partial charge >= 0.3 is 0 Å². The van der Waals surface area contributed by atoms with E-state index in [0.717, 1.165) is 5.75 Å². The van der Waals surface area contributed by atoms with Crippen LogP contribution >= 0.6 is 11.8 Å². The molecule has 0 bridgehead atoms. The number of nitrogens with one attached hydrogen (secondary N) is 1. The fourth-order valence-electron chi connectivity index (χ4n) is 1.66. The Kier molecular flexibility index (Phi) is 6.83. The highest BCUT2D eigenvalue weighted by Gasteiger charge is 2.08. The second-order valence-electron chi connectivity index (χ2n) is 4.46. The van der Waals surface area contributed by atoms with E-state index in [9.17, 15) is 4.79 Å². The van der Waals surface area contributed by atoms with Gasteiger partial charge in [-0.15, -0.1) is 0 Å². The Morgan fingerprint density at radius 1 is 1.50 bits per heavy atom. The molecule has 0 aliphatic heterocycles. The van der Waals surface area contributed by atoms with Crippen LogP contribution < -0.4 is 5.32 Å². The lowest BCUT2D eigenvalue weighted by Crippen LogP contribution is -2.28. The van der Waals surface area contributed by atoms with Crippen LogP contribution in [-0.4, -0.2) is 30.4 Å². The Bertz CT molecular complexity index is 382. The summed E-state index contributed by atoms with van der Waals surface area (Å²) in [6.07, 6.45) is 2.76. The number of amides is 1. The van der Waals surface area contributed by atoms with Crippen molar-refractivity contribution in [2.24, 2.45) is 5.92 Å². The predicted octanol–water partition coefficient (Wildman–Crippen LogP) is 2.30. The number of thioether (sulfide) groups is 1. The average Bonchev–Trinajstić information content (AvgIpc) is 2.37. The van der Waals surface area contributed by atoms with Gasteiger partial charge < -0.3 is 10.4 Å². The summed E-state index contributed by atoms with van der Waals surface area (Å²) >= 11 is 1.74. The van der Waals surface area contributed by atoms with Gasteiger partial charge in [0.2, 0.25) is 0 Å². The first-order valence-corrected chi connectivity index (χ1v) is 7.53. The molecule has 0 saturated carbocycles. The van der Waals surface area contributed by atoms with E-state index in [0.29, 0.717) is 24.4 Å². The molecule has 1 aromatic rings. The summed E-state index contributed by atoms with van der Waals surface area (Å²) in [7, 11) is 0. The molecule has 0 aliphatic rings. The maximum atomic E-state index is 11.9. The number of hydrogen-bond donors (Lipinski definition) is 2. The number of aliphatic hydroxyl groups is 1. The quantitative estimate of drug-likeness (QED) is 0.797. The summed E-state index contributed by atoms with van der Waals surface area (Å²) in [5.41, 5.74) is 1.87. The maximum absolute atomic E-state index is 11.9. The van der Waals surface area contributed by atoms with Crippen molar-refractivity contribution in [3.63, 3.8) is 0 Å². The minimum absolute atomic E-state index is 0.0391. The van der Waals surface area contributed by atoms with Gasteiger partial charge in [-0.1, -0.05) is 19.1 Å². The monoisotopic (exact) mass is 267 g/mol. The molecule has 0 aromatic heterocycles. The Labute approximate surface area is 113 Å². The average molecular weight is 267 g/mol. The molecule has 0 spiro atoms. The lowest BCUT2D eigenvalue weighted by atomic mass is 10.1. The predicted molar refractivity (Wildman–Crippen MR) is 76.9 cm³/mol. The number of carbonyl (C=O) groups is 1. The largest absolute Gasteiger partial charge is 0.396 e. The molecule has 1 rings (SSSR count). The summed E-state index contributed by atoms with van der Waals surface area (Å²) in [5, 5.41) is 11.7. The number of benzene rings is 1. The number of rotatable bonds is 7. The molecule has 0 saturated heterocycles. The van der Waals surface area contributed by atoms with Crippen LogP contribution in [0.4, 0.5) is 0 Å². The van der Waals surface area contributed by atoms with Crippen molar-refractivity contribution >= 4 is 17.7 Å². The first kappa shape index (κ1) is 15.1. The lowest BCUT2D eigenvalue weighted by molar-refractivity contribution is 0.0945. The molecule has 4 heteroatoms. The standard InChI is InChI=1S/C14H21NO2S/c1-11(6-7-16)9-15-14(17)13-5-3-4-12(8-13)10-18-2/h3-5,8,11,16H,6-7,9-10H2,1-2H3,(H,15,17). The highest BCUT2D eigenvalue weighted by molar-refractivity contribution is 7.97. The highest BCUT2D eigenvalue weighted by Crippen LogP contribution is 2.11. The van der Waals surface area contributed by atoms with E-state index in [1.807, 2.05) is 37.4 Å². The van der Waals surface area contributed by atoms with Crippen LogP contribution in [0.5, 0.6) is 0 Å². The fraction of sp³-hybridized carbons (Fsp3) is 0.500. The summed E-state index contributed by atoms with van der Waals surface area (Å²) in [4.78, 5) is 11.9. The molecule has 0 radical (unpaired) electrons. The Balaban J connectivity index is 2.53. The summed E-state index contributed by atoms with van der Waals surface area (Å²) in [5.74, 6) is 1.18. The van der Waals surface area contributed by atoms with Gasteiger partial charge in [0.1, 0.15) is 0 Å². The van der Waals surface area contributed by atoms with E-state index in [-0.39, 0.29) is 12.5 Å². The molecule has 0 fully saturated rings. The van der Waals surface area contributed by atoms with Gasteiger partial charge in [-0.3, -0.25) is 4.79 Å². The molecule has 18 heavy (non-hydrogen) atoms. The number of hydrogen-bond acceptors (Lipinski definition) is 3. The van der Waals surface area contributed by atoms with Crippen LogP contribution in [0.25, 0.3) is 0 Å². The molecule has 0 heterocycles. The minimum Gasteiger partial charge on any atom is -0.396 e. The van der Waals surface area contributed by atoms with Crippen LogP contribution in [0.3, 0.4) is 0 Å². The van der Waals surface area contributed by atoms with Crippen LogP contribution in [-0.2, 0) is 5.75 Å². The molecule has 1 atom stereocenters. The fourth-order valence-corrected chi connectivity index (χ4v) is 2.17. The third kappa shape index (κ3) is 5.10. The van der Waals surface area contributed by atoms with Crippen LogP contribution in [0, 0.1) is 5.92 Å². The number of aliphatic hydroxyl groups excluding tert-OH is 1. The summed E-state index contributed by atoms with van der Waals surface area (Å²) in [6, 6.07) is 7.71. The third-order valence-electron chi connectivity index (χ3n) is 2.73. The van der Waals surface area contributed by atoms with Gasteiger partial charge in [-0.2, -0.15) is 11.8 Å². The SMILES string of the molecule is CSCc1cccc(C(=O)NCC(C)CCO)c1. The molecule has 0 aliphatic carbocycles. The van der Waals surface area contributed by atoms with E-state index >= 15 is 0 Å². The summed E-state index contributed by atoms with van der Waals surface area (Å²) < 4.78 is 0. The Morgan fingerprint density at radius 3 is 2.94 bits per heavy atom. The van der Waals surface area contributed by atoms with Crippen molar-refractivity contribution in [1.82, 2.24) is 5.32 Å². The molecular weight excluding hydrogens is 246 g/mol. The third-order valence-corrected chi connectivity index (χ3v) is 3.36. The minimum atomic E-state index is -0.0391. The van der Waals surface area contributed by atoms with E-state index in [1.54, 1.807) is 11.8 Å². The van der Waals surface area contributed by atoms with Gasteiger partial charge in [0.25, 0.3) is 5.91 Å².